The van der Waals surface area contributed by atoms with Crippen LogP contribution in [0.4, 0.5) is 5.69 Å². The van der Waals surface area contributed by atoms with Crippen LogP contribution in [0, 0.1) is 6.92 Å². The molecule has 1 aromatic heterocycles. The highest BCUT2D eigenvalue weighted by Crippen LogP contribution is 2.25. The van der Waals surface area contributed by atoms with Gasteiger partial charge in [-0.2, -0.15) is 0 Å². The Morgan fingerprint density at radius 1 is 1.07 bits per heavy atom. The van der Waals surface area contributed by atoms with Crippen molar-refractivity contribution in [3.63, 3.8) is 0 Å². The Morgan fingerprint density at radius 3 is 2.44 bits per heavy atom. The molecule has 140 valence electrons. The minimum absolute atomic E-state index is 0.0343. The molecule has 0 saturated heterocycles. The van der Waals surface area contributed by atoms with Gasteiger partial charge in [-0.15, -0.1) is 11.3 Å². The molecule has 3 rings (SSSR count). The van der Waals surface area contributed by atoms with E-state index in [1.54, 1.807) is 23.5 Å². The van der Waals surface area contributed by atoms with Crippen molar-refractivity contribution >= 4 is 39.1 Å². The van der Waals surface area contributed by atoms with Crippen LogP contribution in [0.5, 0.6) is 0 Å². The number of hydrogen-bond acceptors (Lipinski definition) is 4. The van der Waals surface area contributed by atoms with Gasteiger partial charge in [-0.3, -0.25) is 9.59 Å². The number of nitrogens with zero attached hydrogens (tertiary/aromatic N) is 1. The van der Waals surface area contributed by atoms with Crippen LogP contribution < -0.4 is 10.6 Å². The highest BCUT2D eigenvalue weighted by molar-refractivity contribution is 7.18. The van der Waals surface area contributed by atoms with Crippen molar-refractivity contribution in [2.75, 3.05) is 11.9 Å². The number of amides is 2. The largest absolute Gasteiger partial charge is 0.343 e. The summed E-state index contributed by atoms with van der Waals surface area (Å²) in [4.78, 5) is 28.8. The first-order chi connectivity index (χ1) is 12.7. The van der Waals surface area contributed by atoms with E-state index in [1.807, 2.05) is 37.3 Å². The molecule has 0 atom stereocenters. The van der Waals surface area contributed by atoms with E-state index in [1.165, 1.54) is 0 Å². The van der Waals surface area contributed by atoms with Gasteiger partial charge in [0.05, 0.1) is 21.8 Å². The Labute approximate surface area is 162 Å². The normalized spacial score (nSPS) is 11.4. The smallest absolute Gasteiger partial charge is 0.251 e. The number of carbonyl (C=O) groups is 2. The molecule has 2 N–H and O–H groups in total. The summed E-state index contributed by atoms with van der Waals surface area (Å²) in [6.07, 6.45) is 0. The molecule has 0 saturated carbocycles. The van der Waals surface area contributed by atoms with Crippen molar-refractivity contribution in [1.29, 1.82) is 0 Å². The summed E-state index contributed by atoms with van der Waals surface area (Å²) in [6.45, 7) is 8.23. The Morgan fingerprint density at radius 2 is 1.78 bits per heavy atom. The summed E-state index contributed by atoms with van der Waals surface area (Å²) < 4.78 is 1.02. The quantitative estimate of drug-likeness (QED) is 0.709. The van der Waals surface area contributed by atoms with Crippen LogP contribution in [0.3, 0.4) is 0 Å². The average molecular weight is 382 g/mol. The summed E-state index contributed by atoms with van der Waals surface area (Å²) in [5, 5.41) is 6.45. The molecule has 0 spiro atoms. The van der Waals surface area contributed by atoms with Gasteiger partial charge in [-0.25, -0.2) is 4.98 Å². The van der Waals surface area contributed by atoms with E-state index < -0.39 is 0 Å². The van der Waals surface area contributed by atoms with E-state index in [2.05, 4.69) is 36.4 Å². The second kappa shape index (κ2) is 7.48. The zero-order chi connectivity index (χ0) is 19.6. The molecule has 0 bridgehead atoms. The molecule has 0 aliphatic heterocycles. The summed E-state index contributed by atoms with van der Waals surface area (Å²) in [7, 11) is 0. The summed E-state index contributed by atoms with van der Waals surface area (Å²) in [5.74, 6) is -0.533. The maximum atomic E-state index is 12.2. The van der Waals surface area contributed by atoms with Crippen LogP contribution in [0.25, 0.3) is 10.2 Å². The summed E-state index contributed by atoms with van der Waals surface area (Å²) >= 11 is 1.58. The van der Waals surface area contributed by atoms with Crippen LogP contribution in [-0.4, -0.2) is 23.3 Å². The molecule has 27 heavy (non-hydrogen) atoms. The lowest BCUT2D eigenvalue weighted by Crippen LogP contribution is -2.32. The number of aryl methyl sites for hydroxylation is 1. The number of aromatic nitrogens is 1. The SMILES string of the molecule is Cc1nc2ccc(NC(=O)CNC(=O)c3ccc(C(C)(C)C)cc3)cc2s1. The lowest BCUT2D eigenvalue weighted by atomic mass is 9.87. The molecule has 2 amide bonds. The second-order valence-corrected chi connectivity index (χ2v) is 8.71. The Kier molecular flexibility index (Phi) is 5.28. The van der Waals surface area contributed by atoms with Crippen LogP contribution in [0.1, 0.15) is 41.7 Å². The summed E-state index contributed by atoms with van der Waals surface area (Å²) in [5.41, 5.74) is 3.34. The van der Waals surface area contributed by atoms with Gasteiger partial charge in [0.2, 0.25) is 5.91 Å². The van der Waals surface area contributed by atoms with E-state index in [-0.39, 0.29) is 23.8 Å². The number of benzene rings is 2. The van der Waals surface area contributed by atoms with Gasteiger partial charge >= 0.3 is 0 Å². The van der Waals surface area contributed by atoms with E-state index in [9.17, 15) is 9.59 Å². The molecule has 0 fully saturated rings. The first-order valence-corrected chi connectivity index (χ1v) is 9.60. The lowest BCUT2D eigenvalue weighted by Gasteiger charge is -2.19. The van der Waals surface area contributed by atoms with Crippen molar-refractivity contribution in [1.82, 2.24) is 10.3 Å². The van der Waals surface area contributed by atoms with Crippen LogP contribution in [0.2, 0.25) is 0 Å². The molecule has 0 unspecified atom stereocenters. The molecule has 5 nitrogen and oxygen atoms in total. The van der Waals surface area contributed by atoms with Gasteiger partial charge in [-0.1, -0.05) is 32.9 Å². The molecule has 3 aromatic rings. The van der Waals surface area contributed by atoms with Crippen molar-refractivity contribution in [2.24, 2.45) is 0 Å². The van der Waals surface area contributed by atoms with Crippen LogP contribution in [0.15, 0.2) is 42.5 Å². The Hall–Kier alpha value is -2.73. The molecule has 1 heterocycles. The number of hydrogen-bond donors (Lipinski definition) is 2. The lowest BCUT2D eigenvalue weighted by molar-refractivity contribution is -0.115. The zero-order valence-electron chi connectivity index (χ0n) is 15.9. The Bertz CT molecular complexity index is 985. The van der Waals surface area contributed by atoms with Gasteiger partial charge in [0.25, 0.3) is 5.91 Å². The number of anilines is 1. The average Bonchev–Trinajstić information content (AvgIpc) is 2.98. The predicted octanol–water partition coefficient (Wildman–Crippen LogP) is 4.27. The number of thiazole rings is 1. The molecular formula is C21H23N3O2S. The van der Waals surface area contributed by atoms with Gasteiger partial charge in [0.15, 0.2) is 0 Å². The fraction of sp³-hybridized carbons (Fsp3) is 0.286. The van der Waals surface area contributed by atoms with Crippen molar-refractivity contribution < 1.29 is 9.59 Å². The topological polar surface area (TPSA) is 71.1 Å². The third kappa shape index (κ3) is 4.71. The number of rotatable bonds is 4. The molecule has 6 heteroatoms. The zero-order valence-corrected chi connectivity index (χ0v) is 16.7. The predicted molar refractivity (Wildman–Crippen MR) is 110 cm³/mol. The molecular weight excluding hydrogens is 358 g/mol. The van der Waals surface area contributed by atoms with Crippen molar-refractivity contribution in [3.8, 4) is 0 Å². The second-order valence-electron chi connectivity index (χ2n) is 7.47. The van der Waals surface area contributed by atoms with E-state index in [0.29, 0.717) is 11.3 Å². The number of nitrogens with one attached hydrogen (secondary N) is 2. The molecule has 0 aliphatic rings. The van der Waals surface area contributed by atoms with E-state index in [4.69, 9.17) is 0 Å². The first kappa shape index (κ1) is 19.0. The monoisotopic (exact) mass is 381 g/mol. The highest BCUT2D eigenvalue weighted by Gasteiger charge is 2.14. The standard InChI is InChI=1S/C21H23N3O2S/c1-13-23-17-10-9-16(11-18(17)27-13)24-19(25)12-22-20(26)14-5-7-15(8-6-14)21(2,3)4/h5-11H,12H2,1-4H3,(H,22,26)(H,24,25). The maximum absolute atomic E-state index is 12.2. The minimum atomic E-state index is -0.268. The van der Waals surface area contributed by atoms with Crippen molar-refractivity contribution in [3.05, 3.63) is 58.6 Å². The summed E-state index contributed by atoms with van der Waals surface area (Å²) in [6, 6.07) is 13.0. The fourth-order valence-corrected chi connectivity index (χ4v) is 3.57. The molecule has 0 radical (unpaired) electrons. The van der Waals surface area contributed by atoms with E-state index in [0.717, 1.165) is 20.8 Å². The third-order valence-electron chi connectivity index (χ3n) is 4.20. The first-order valence-electron chi connectivity index (χ1n) is 8.78. The number of fused-ring (bicyclic) bond motifs is 1. The third-order valence-corrected chi connectivity index (χ3v) is 5.14. The minimum Gasteiger partial charge on any atom is -0.343 e. The van der Waals surface area contributed by atoms with Crippen LogP contribution in [-0.2, 0) is 10.2 Å². The fourth-order valence-electron chi connectivity index (χ4n) is 2.71. The number of carbonyl (C=O) groups excluding carboxylic acids is 2. The van der Waals surface area contributed by atoms with Crippen LogP contribution >= 0.6 is 11.3 Å². The van der Waals surface area contributed by atoms with Crippen molar-refractivity contribution in [2.45, 2.75) is 33.1 Å². The highest BCUT2D eigenvalue weighted by atomic mass is 32.1. The van der Waals surface area contributed by atoms with Gasteiger partial charge in [-0.05, 0) is 48.2 Å². The molecule has 0 aliphatic carbocycles. The van der Waals surface area contributed by atoms with Gasteiger partial charge < -0.3 is 10.6 Å². The van der Waals surface area contributed by atoms with E-state index >= 15 is 0 Å². The van der Waals surface area contributed by atoms with Gasteiger partial charge in [0.1, 0.15) is 0 Å². The Balaban J connectivity index is 1.57. The van der Waals surface area contributed by atoms with Gasteiger partial charge in [0, 0.05) is 11.3 Å². The molecule has 2 aromatic carbocycles. The maximum Gasteiger partial charge on any atom is 0.251 e.